The Kier molecular flexibility index (Phi) is 6.79. The highest BCUT2D eigenvalue weighted by Gasteiger charge is 2.16. The van der Waals surface area contributed by atoms with Gasteiger partial charge in [-0.3, -0.25) is 14.2 Å². The van der Waals surface area contributed by atoms with Gasteiger partial charge in [-0.2, -0.15) is 8.78 Å². The largest absolute Gasteiger partial charge is 0.435 e. The molecule has 0 aliphatic carbocycles. The Hall–Kier alpha value is -3.85. The van der Waals surface area contributed by atoms with E-state index in [1.54, 1.807) is 37.4 Å². The van der Waals surface area contributed by atoms with Gasteiger partial charge in [-0.05, 0) is 79.2 Å². The molecule has 0 fully saturated rings. The van der Waals surface area contributed by atoms with Crippen molar-refractivity contribution in [3.05, 3.63) is 98.0 Å². The summed E-state index contributed by atoms with van der Waals surface area (Å²) in [5.41, 5.74) is 4.04. The Morgan fingerprint density at radius 1 is 1.11 bits per heavy atom. The topological polar surface area (TPSA) is 67.3 Å². The fraction of sp³-hybridized carbons (Fsp3) is 0.192. The van der Waals surface area contributed by atoms with Crippen molar-refractivity contribution >= 4 is 29.0 Å². The fourth-order valence-electron chi connectivity index (χ4n) is 3.89. The van der Waals surface area contributed by atoms with Crippen molar-refractivity contribution in [2.45, 2.75) is 27.0 Å². The van der Waals surface area contributed by atoms with E-state index in [0.29, 0.717) is 22.2 Å². The van der Waals surface area contributed by atoms with E-state index in [2.05, 4.69) is 9.72 Å². The molecule has 0 aliphatic heterocycles. The van der Waals surface area contributed by atoms with E-state index in [1.807, 2.05) is 32.0 Å². The SMILES string of the molecule is Cc1cccc(-n2c(=S)[nH]c3cc(C(=O)N(C)Cc4ccc(OC(F)F)cc4)ccc3c2=O)c1C. The predicted octanol–water partition coefficient (Wildman–Crippen LogP) is 5.54. The van der Waals surface area contributed by atoms with Crippen LogP contribution in [0.5, 0.6) is 5.75 Å². The average Bonchev–Trinajstić information content (AvgIpc) is 2.81. The van der Waals surface area contributed by atoms with Gasteiger partial charge in [0, 0.05) is 19.2 Å². The third kappa shape index (κ3) is 5.00. The molecule has 0 bridgehead atoms. The van der Waals surface area contributed by atoms with E-state index in [1.165, 1.54) is 21.6 Å². The highest BCUT2D eigenvalue weighted by atomic mass is 32.1. The first-order valence-corrected chi connectivity index (χ1v) is 11.2. The van der Waals surface area contributed by atoms with Crippen LogP contribution in [0.25, 0.3) is 16.6 Å². The third-order valence-electron chi connectivity index (χ3n) is 5.88. The van der Waals surface area contributed by atoms with E-state index < -0.39 is 6.61 Å². The molecule has 35 heavy (non-hydrogen) atoms. The van der Waals surface area contributed by atoms with E-state index in [9.17, 15) is 18.4 Å². The standard InChI is InChI=1S/C26H23F2N3O3S/c1-15-5-4-6-22(16(15)2)31-24(33)20-12-9-18(13-21(20)29-26(31)35)23(32)30(3)14-17-7-10-19(11-8-17)34-25(27)28/h4-13,25H,14H2,1-3H3,(H,29,35). The van der Waals surface area contributed by atoms with Gasteiger partial charge in [0.1, 0.15) is 5.75 Å². The molecule has 6 nitrogen and oxygen atoms in total. The average molecular weight is 496 g/mol. The number of benzene rings is 3. The van der Waals surface area contributed by atoms with Crippen LogP contribution in [-0.4, -0.2) is 34.0 Å². The number of aryl methyl sites for hydroxylation is 1. The van der Waals surface area contributed by atoms with Crippen molar-refractivity contribution in [3.8, 4) is 11.4 Å². The highest BCUT2D eigenvalue weighted by molar-refractivity contribution is 7.71. The number of fused-ring (bicyclic) bond motifs is 1. The number of nitrogens with zero attached hydrogens (tertiary/aromatic N) is 2. The number of H-pyrrole nitrogens is 1. The Morgan fingerprint density at radius 2 is 1.83 bits per heavy atom. The number of alkyl halides is 2. The van der Waals surface area contributed by atoms with Gasteiger partial charge in [0.25, 0.3) is 11.5 Å². The predicted molar refractivity (Wildman–Crippen MR) is 133 cm³/mol. The Bertz CT molecular complexity index is 1530. The molecule has 0 saturated heterocycles. The fourth-order valence-corrected chi connectivity index (χ4v) is 4.18. The number of nitrogens with one attached hydrogen (secondary N) is 1. The number of rotatable bonds is 6. The quantitative estimate of drug-likeness (QED) is 0.357. The minimum absolute atomic E-state index is 0.0500. The Balaban J connectivity index is 1.62. The molecular weight excluding hydrogens is 472 g/mol. The summed E-state index contributed by atoms with van der Waals surface area (Å²) in [6.45, 7) is 1.27. The van der Waals surface area contributed by atoms with Gasteiger partial charge in [0.15, 0.2) is 4.77 Å². The number of hydrogen-bond acceptors (Lipinski definition) is 4. The zero-order chi connectivity index (χ0) is 25.3. The zero-order valence-electron chi connectivity index (χ0n) is 19.3. The number of carbonyl (C=O) groups excluding carboxylic acids is 1. The maximum Gasteiger partial charge on any atom is 0.387 e. The van der Waals surface area contributed by atoms with Crippen LogP contribution in [0.1, 0.15) is 27.0 Å². The highest BCUT2D eigenvalue weighted by Crippen LogP contribution is 2.20. The van der Waals surface area contributed by atoms with Gasteiger partial charge in [-0.15, -0.1) is 0 Å². The Morgan fingerprint density at radius 3 is 2.51 bits per heavy atom. The molecule has 0 atom stereocenters. The van der Waals surface area contributed by atoms with E-state index in [0.717, 1.165) is 16.7 Å². The van der Waals surface area contributed by atoms with Gasteiger partial charge >= 0.3 is 6.61 Å². The van der Waals surface area contributed by atoms with Crippen LogP contribution in [0.3, 0.4) is 0 Å². The summed E-state index contributed by atoms with van der Waals surface area (Å²) < 4.78 is 30.7. The van der Waals surface area contributed by atoms with Crippen molar-refractivity contribution < 1.29 is 18.3 Å². The van der Waals surface area contributed by atoms with Crippen LogP contribution < -0.4 is 10.3 Å². The number of aromatic nitrogens is 2. The van der Waals surface area contributed by atoms with Crippen molar-refractivity contribution in [2.75, 3.05) is 7.05 Å². The third-order valence-corrected chi connectivity index (χ3v) is 6.16. The summed E-state index contributed by atoms with van der Waals surface area (Å²) in [5, 5.41) is 0.410. The molecule has 3 aromatic carbocycles. The van der Waals surface area contributed by atoms with E-state index in [4.69, 9.17) is 12.2 Å². The molecule has 0 spiro atoms. The number of aromatic amines is 1. The number of carbonyl (C=O) groups is 1. The second-order valence-corrected chi connectivity index (χ2v) is 8.62. The van der Waals surface area contributed by atoms with Crippen molar-refractivity contribution in [2.24, 2.45) is 0 Å². The van der Waals surface area contributed by atoms with Crippen LogP contribution in [0.4, 0.5) is 8.78 Å². The summed E-state index contributed by atoms with van der Waals surface area (Å²) in [5.74, 6) is -0.216. The normalized spacial score (nSPS) is 11.1. The van der Waals surface area contributed by atoms with Gasteiger partial charge < -0.3 is 14.6 Å². The lowest BCUT2D eigenvalue weighted by molar-refractivity contribution is -0.0498. The minimum Gasteiger partial charge on any atom is -0.435 e. The molecule has 0 aliphatic rings. The van der Waals surface area contributed by atoms with Crippen LogP contribution in [0.2, 0.25) is 0 Å². The van der Waals surface area contributed by atoms with Gasteiger partial charge in [-0.25, -0.2) is 0 Å². The first-order valence-electron chi connectivity index (χ1n) is 10.8. The number of hydrogen-bond donors (Lipinski definition) is 1. The lowest BCUT2D eigenvalue weighted by Gasteiger charge is -2.18. The van der Waals surface area contributed by atoms with E-state index in [-0.39, 0.29) is 28.5 Å². The van der Waals surface area contributed by atoms with Gasteiger partial charge in [0.05, 0.1) is 16.6 Å². The molecule has 0 radical (unpaired) electrons. The molecule has 0 unspecified atom stereocenters. The molecule has 1 amide bonds. The second-order valence-electron chi connectivity index (χ2n) is 8.23. The summed E-state index contributed by atoms with van der Waals surface area (Å²) in [6.07, 6.45) is 0. The minimum atomic E-state index is -2.89. The molecule has 180 valence electrons. The molecule has 9 heteroatoms. The molecular formula is C26H23F2N3O3S. The molecule has 1 heterocycles. The van der Waals surface area contributed by atoms with Gasteiger partial charge in [-0.1, -0.05) is 24.3 Å². The summed E-state index contributed by atoms with van der Waals surface area (Å²) in [7, 11) is 1.64. The molecule has 4 aromatic rings. The number of ether oxygens (including phenoxy) is 1. The van der Waals surface area contributed by atoms with Gasteiger partial charge in [0.2, 0.25) is 0 Å². The summed E-state index contributed by atoms with van der Waals surface area (Å²) in [4.78, 5) is 30.9. The first kappa shape index (κ1) is 24.3. The van der Waals surface area contributed by atoms with Crippen molar-refractivity contribution in [1.82, 2.24) is 14.5 Å². The van der Waals surface area contributed by atoms with Crippen LogP contribution in [-0.2, 0) is 6.54 Å². The zero-order valence-corrected chi connectivity index (χ0v) is 20.2. The van der Waals surface area contributed by atoms with Crippen LogP contribution in [0, 0.1) is 18.6 Å². The second kappa shape index (κ2) is 9.79. The summed E-state index contributed by atoms with van der Waals surface area (Å²) >= 11 is 5.49. The molecule has 4 rings (SSSR count). The number of amides is 1. The van der Waals surface area contributed by atoms with Crippen LogP contribution >= 0.6 is 12.2 Å². The lowest BCUT2D eigenvalue weighted by Crippen LogP contribution is -2.26. The maximum absolute atomic E-state index is 13.3. The maximum atomic E-state index is 13.3. The van der Waals surface area contributed by atoms with E-state index >= 15 is 0 Å². The van der Waals surface area contributed by atoms with Crippen LogP contribution in [0.15, 0.2) is 65.5 Å². The lowest BCUT2D eigenvalue weighted by atomic mass is 10.1. The van der Waals surface area contributed by atoms with Crippen molar-refractivity contribution in [3.63, 3.8) is 0 Å². The monoisotopic (exact) mass is 495 g/mol. The molecule has 1 aromatic heterocycles. The van der Waals surface area contributed by atoms with Crippen molar-refractivity contribution in [1.29, 1.82) is 0 Å². The molecule has 1 N–H and O–H groups in total. The Labute approximate surface area is 205 Å². The summed E-state index contributed by atoms with van der Waals surface area (Å²) in [6, 6.07) is 16.6. The molecule has 0 saturated carbocycles. The number of halogens is 2. The smallest absolute Gasteiger partial charge is 0.387 e. The first-order chi connectivity index (χ1) is 16.7.